The maximum atomic E-state index is 11.8. The van der Waals surface area contributed by atoms with Crippen LogP contribution in [0.4, 0.5) is 0 Å². The Morgan fingerprint density at radius 3 is 2.54 bits per heavy atom. The first-order valence-corrected chi connectivity index (χ1v) is 10.1. The third-order valence-corrected chi connectivity index (χ3v) is 7.35. The zero-order chi connectivity index (χ0) is 20.2. The number of benzene rings is 1. The SMILES string of the molecule is CC(=O)O[C@@H]1C[C@H]2[C@@H]3C[C@H](N)c4cc(O)ccc4[C@H]3CC[C@]2(C)[C@H]1OC(C)=O. The van der Waals surface area contributed by atoms with E-state index in [2.05, 4.69) is 6.92 Å². The lowest BCUT2D eigenvalue weighted by Gasteiger charge is -2.51. The highest BCUT2D eigenvalue weighted by atomic mass is 16.6. The average Bonchev–Trinajstić information content (AvgIpc) is 2.87. The normalized spacial score (nSPS) is 38.7. The smallest absolute Gasteiger partial charge is 0.303 e. The van der Waals surface area contributed by atoms with Crippen LogP contribution in [0.15, 0.2) is 18.2 Å². The van der Waals surface area contributed by atoms with Gasteiger partial charge in [-0.05, 0) is 66.7 Å². The van der Waals surface area contributed by atoms with Crippen LogP contribution in [0.2, 0.25) is 0 Å². The third kappa shape index (κ3) is 2.98. The van der Waals surface area contributed by atoms with Gasteiger partial charge in [-0.1, -0.05) is 13.0 Å². The van der Waals surface area contributed by atoms with Gasteiger partial charge in [0.25, 0.3) is 0 Å². The summed E-state index contributed by atoms with van der Waals surface area (Å²) >= 11 is 0. The number of ether oxygens (including phenoxy) is 2. The van der Waals surface area contributed by atoms with Crippen molar-refractivity contribution >= 4 is 11.9 Å². The summed E-state index contributed by atoms with van der Waals surface area (Å²) in [7, 11) is 0. The van der Waals surface area contributed by atoms with Gasteiger partial charge < -0.3 is 20.3 Å². The minimum atomic E-state index is -0.419. The van der Waals surface area contributed by atoms with Crippen molar-refractivity contribution in [3.63, 3.8) is 0 Å². The van der Waals surface area contributed by atoms with E-state index in [1.807, 2.05) is 6.07 Å². The lowest BCUT2D eigenvalue weighted by atomic mass is 9.55. The fourth-order valence-electron chi connectivity index (χ4n) is 6.30. The Morgan fingerprint density at radius 1 is 1.14 bits per heavy atom. The fraction of sp³-hybridized carbons (Fsp3) is 0.636. The first kappa shape index (κ1) is 19.2. The molecule has 1 aromatic rings. The summed E-state index contributed by atoms with van der Waals surface area (Å²) in [4.78, 5) is 23.4. The first-order chi connectivity index (χ1) is 13.2. The first-order valence-electron chi connectivity index (χ1n) is 10.1. The van der Waals surface area contributed by atoms with E-state index < -0.39 is 12.2 Å². The molecule has 152 valence electrons. The number of carbonyl (C=O) groups is 2. The number of carbonyl (C=O) groups excluding carboxylic acids is 2. The Hall–Kier alpha value is -2.08. The monoisotopic (exact) mass is 387 g/mol. The molecule has 6 nitrogen and oxygen atoms in total. The second-order valence-corrected chi connectivity index (χ2v) is 8.99. The van der Waals surface area contributed by atoms with Crippen molar-refractivity contribution in [2.45, 2.75) is 70.6 Å². The van der Waals surface area contributed by atoms with Crippen molar-refractivity contribution < 1.29 is 24.2 Å². The van der Waals surface area contributed by atoms with Crippen molar-refractivity contribution in [1.29, 1.82) is 0 Å². The number of hydrogen-bond acceptors (Lipinski definition) is 6. The molecule has 4 rings (SSSR count). The van der Waals surface area contributed by atoms with E-state index in [-0.39, 0.29) is 35.1 Å². The molecule has 7 atom stereocenters. The molecule has 0 unspecified atom stereocenters. The molecule has 0 heterocycles. The van der Waals surface area contributed by atoms with Crippen LogP contribution < -0.4 is 5.73 Å². The van der Waals surface area contributed by atoms with Gasteiger partial charge in [0.2, 0.25) is 0 Å². The van der Waals surface area contributed by atoms with Crippen molar-refractivity contribution in [3.8, 4) is 5.75 Å². The molecule has 0 spiro atoms. The number of rotatable bonds is 2. The minimum Gasteiger partial charge on any atom is -0.508 e. The van der Waals surface area contributed by atoms with Gasteiger partial charge in [0.1, 0.15) is 18.0 Å². The third-order valence-electron chi connectivity index (χ3n) is 7.35. The summed E-state index contributed by atoms with van der Waals surface area (Å²) in [6, 6.07) is 5.40. The zero-order valence-corrected chi connectivity index (χ0v) is 16.7. The Bertz CT molecular complexity index is 808. The second-order valence-electron chi connectivity index (χ2n) is 8.99. The Kier molecular flexibility index (Phi) is 4.65. The van der Waals surface area contributed by atoms with Gasteiger partial charge in [-0.2, -0.15) is 0 Å². The number of esters is 2. The summed E-state index contributed by atoms with van der Waals surface area (Å²) in [6.45, 7) is 4.98. The Labute approximate surface area is 165 Å². The lowest BCUT2D eigenvalue weighted by molar-refractivity contribution is -0.171. The van der Waals surface area contributed by atoms with E-state index in [9.17, 15) is 14.7 Å². The number of fused-ring (bicyclic) bond motifs is 5. The summed E-state index contributed by atoms with van der Waals surface area (Å²) in [5.41, 5.74) is 8.53. The van der Waals surface area contributed by atoms with Crippen LogP contribution in [0.5, 0.6) is 5.75 Å². The van der Waals surface area contributed by atoms with Crippen LogP contribution in [0.1, 0.15) is 69.5 Å². The van der Waals surface area contributed by atoms with Crippen molar-refractivity contribution in [1.82, 2.24) is 0 Å². The maximum Gasteiger partial charge on any atom is 0.303 e. The van der Waals surface area contributed by atoms with Gasteiger partial charge in [-0.3, -0.25) is 9.59 Å². The average molecular weight is 387 g/mol. The van der Waals surface area contributed by atoms with Gasteiger partial charge in [-0.25, -0.2) is 0 Å². The highest BCUT2D eigenvalue weighted by Gasteiger charge is 2.61. The van der Waals surface area contributed by atoms with E-state index in [0.29, 0.717) is 18.3 Å². The van der Waals surface area contributed by atoms with Gasteiger partial charge in [0.05, 0.1) is 0 Å². The topological polar surface area (TPSA) is 98.8 Å². The molecule has 0 bridgehead atoms. The van der Waals surface area contributed by atoms with E-state index in [1.165, 1.54) is 19.4 Å². The molecular formula is C22H29NO5. The van der Waals surface area contributed by atoms with Gasteiger partial charge in [0.15, 0.2) is 0 Å². The molecule has 28 heavy (non-hydrogen) atoms. The quantitative estimate of drug-likeness (QED) is 0.756. The summed E-state index contributed by atoms with van der Waals surface area (Å²) in [6.07, 6.45) is 2.54. The second kappa shape index (κ2) is 6.76. The zero-order valence-electron chi connectivity index (χ0n) is 16.7. The predicted molar refractivity (Wildman–Crippen MR) is 102 cm³/mol. The van der Waals surface area contributed by atoms with Gasteiger partial charge in [-0.15, -0.1) is 0 Å². The summed E-state index contributed by atoms with van der Waals surface area (Å²) in [5, 5.41) is 9.88. The van der Waals surface area contributed by atoms with Crippen LogP contribution in [0, 0.1) is 17.3 Å². The lowest BCUT2D eigenvalue weighted by Crippen LogP contribution is -2.47. The highest BCUT2D eigenvalue weighted by molar-refractivity contribution is 5.67. The van der Waals surface area contributed by atoms with Crippen LogP contribution in [-0.4, -0.2) is 29.3 Å². The van der Waals surface area contributed by atoms with Gasteiger partial charge >= 0.3 is 11.9 Å². The molecular weight excluding hydrogens is 358 g/mol. The molecule has 0 aromatic heterocycles. The largest absolute Gasteiger partial charge is 0.508 e. The number of phenolic OH excluding ortho intramolecular Hbond substituents is 1. The molecule has 0 saturated heterocycles. The van der Waals surface area contributed by atoms with E-state index in [1.54, 1.807) is 12.1 Å². The molecule has 3 N–H and O–H groups in total. The number of phenols is 1. The molecule has 0 aliphatic heterocycles. The maximum absolute atomic E-state index is 11.8. The highest BCUT2D eigenvalue weighted by Crippen LogP contribution is 2.63. The number of hydrogen-bond donors (Lipinski definition) is 2. The number of aromatic hydroxyl groups is 1. The van der Waals surface area contributed by atoms with Crippen LogP contribution in [-0.2, 0) is 19.1 Å². The molecule has 2 fully saturated rings. The van der Waals surface area contributed by atoms with Crippen LogP contribution in [0.25, 0.3) is 0 Å². The standard InChI is InChI=1S/C22H29NO5/c1-11(24)27-20-10-18-16-9-19(23)17-8-13(26)4-5-14(17)15(16)6-7-22(18,3)21(20)28-12(2)25/h4-5,8,15-16,18-21,26H,6-7,9-10,23H2,1-3H3/t15-,16-,18+,19+,20-,21+,22+/m1/s1. The van der Waals surface area contributed by atoms with Crippen molar-refractivity contribution in [3.05, 3.63) is 29.3 Å². The molecule has 0 amide bonds. The molecule has 0 radical (unpaired) electrons. The summed E-state index contributed by atoms with van der Waals surface area (Å²) in [5.74, 6) is 0.522. The van der Waals surface area contributed by atoms with Gasteiger partial charge in [0, 0.05) is 25.3 Å². The van der Waals surface area contributed by atoms with Crippen LogP contribution in [0.3, 0.4) is 0 Å². The Morgan fingerprint density at radius 2 is 1.86 bits per heavy atom. The molecule has 3 aliphatic rings. The summed E-state index contributed by atoms with van der Waals surface area (Å²) < 4.78 is 11.3. The Balaban J connectivity index is 1.70. The molecule has 3 aliphatic carbocycles. The minimum absolute atomic E-state index is 0.134. The van der Waals surface area contributed by atoms with Crippen LogP contribution >= 0.6 is 0 Å². The van der Waals surface area contributed by atoms with Crippen molar-refractivity contribution in [2.24, 2.45) is 23.0 Å². The fourth-order valence-corrected chi connectivity index (χ4v) is 6.30. The molecule has 1 aromatic carbocycles. The van der Waals surface area contributed by atoms with E-state index >= 15 is 0 Å². The van der Waals surface area contributed by atoms with Crippen molar-refractivity contribution in [2.75, 3.05) is 0 Å². The van der Waals surface area contributed by atoms with E-state index in [4.69, 9.17) is 15.2 Å². The number of nitrogens with two attached hydrogens (primary N) is 1. The predicted octanol–water partition coefficient (Wildman–Crippen LogP) is 3.18. The molecule has 6 heteroatoms. The molecule has 2 saturated carbocycles. The van der Waals surface area contributed by atoms with E-state index in [0.717, 1.165) is 24.8 Å².